The molecule has 0 aliphatic carbocycles. The van der Waals surface area contributed by atoms with Crippen LogP contribution >= 0.6 is 0 Å². The van der Waals surface area contributed by atoms with E-state index < -0.39 is 34.8 Å². The molecule has 0 amide bonds. The lowest BCUT2D eigenvalue weighted by Gasteiger charge is -2.37. The number of ether oxygens (including phenoxy) is 1. The fourth-order valence-corrected chi connectivity index (χ4v) is 4.76. The van der Waals surface area contributed by atoms with Gasteiger partial charge in [0, 0.05) is 11.1 Å². The quantitative estimate of drug-likeness (QED) is 0.721. The van der Waals surface area contributed by atoms with Crippen LogP contribution in [0.1, 0.15) is 38.0 Å². The summed E-state index contributed by atoms with van der Waals surface area (Å²) in [6.07, 6.45) is 5.22. The van der Waals surface area contributed by atoms with E-state index in [-0.39, 0.29) is 5.78 Å². The maximum Gasteiger partial charge on any atom is 0.329 e. The topological polar surface area (TPSA) is 83.5 Å². The highest BCUT2D eigenvalue weighted by atomic mass is 16.5. The Kier molecular flexibility index (Phi) is 4.58. The van der Waals surface area contributed by atoms with E-state index >= 15 is 0 Å². The van der Waals surface area contributed by atoms with Crippen molar-refractivity contribution >= 4 is 23.5 Å². The summed E-state index contributed by atoms with van der Waals surface area (Å²) in [7, 11) is 1.27. The van der Waals surface area contributed by atoms with Crippen molar-refractivity contribution in [2.75, 3.05) is 12.0 Å². The van der Waals surface area contributed by atoms with Crippen LogP contribution in [0.25, 0.3) is 6.08 Å². The standard InChI is InChI=1S/C24H24N2O4/c1-23(2,3)21(27)20-19(17-10-7-13-30-17)24(14-25,22(28)29-4)18-12-11-15-8-5-6-9-16(15)26(18)20/h5-13,18-20H,1-4H3/t18-,19+,20+,24-/m0/s1. The zero-order chi connectivity index (χ0) is 21.7. The molecule has 2 aliphatic heterocycles. The molecule has 1 fully saturated rings. The summed E-state index contributed by atoms with van der Waals surface area (Å²) < 4.78 is 10.8. The molecule has 0 spiro atoms. The number of para-hydroxylation sites is 1. The van der Waals surface area contributed by atoms with Gasteiger partial charge in [-0.1, -0.05) is 51.1 Å². The molecule has 6 heteroatoms. The molecule has 4 atom stereocenters. The normalized spacial score (nSPS) is 27.2. The Morgan fingerprint density at radius 2 is 1.93 bits per heavy atom. The molecule has 4 rings (SSSR count). The van der Waals surface area contributed by atoms with Crippen molar-refractivity contribution in [3.8, 4) is 6.07 Å². The van der Waals surface area contributed by atoms with Gasteiger partial charge in [-0.05, 0) is 23.8 Å². The van der Waals surface area contributed by atoms with Crippen molar-refractivity contribution in [3.63, 3.8) is 0 Å². The number of methoxy groups -OCH3 is 1. The predicted molar refractivity (Wildman–Crippen MR) is 112 cm³/mol. The van der Waals surface area contributed by atoms with E-state index in [2.05, 4.69) is 6.07 Å². The van der Waals surface area contributed by atoms with Gasteiger partial charge in [0.25, 0.3) is 0 Å². The molecule has 0 radical (unpaired) electrons. The highest BCUT2D eigenvalue weighted by molar-refractivity contribution is 5.99. The number of rotatable bonds is 3. The SMILES string of the molecule is COC(=O)[C@]1(C#N)[C@H](c2ccco2)[C@H](C(=O)C(C)(C)C)N2c3ccccc3C=C[C@H]21. The maximum atomic E-state index is 13.8. The number of fused-ring (bicyclic) bond motifs is 3. The van der Waals surface area contributed by atoms with Gasteiger partial charge >= 0.3 is 5.97 Å². The number of benzene rings is 1. The number of esters is 1. The molecule has 0 unspecified atom stereocenters. The number of carbonyl (C=O) groups excluding carboxylic acids is 2. The van der Waals surface area contributed by atoms with E-state index in [4.69, 9.17) is 9.15 Å². The van der Waals surface area contributed by atoms with E-state index in [1.165, 1.54) is 13.4 Å². The Bertz CT molecular complexity index is 1060. The zero-order valence-corrected chi connectivity index (χ0v) is 17.5. The summed E-state index contributed by atoms with van der Waals surface area (Å²) >= 11 is 0. The first-order valence-electron chi connectivity index (χ1n) is 9.90. The summed E-state index contributed by atoms with van der Waals surface area (Å²) in [4.78, 5) is 28.9. The van der Waals surface area contributed by atoms with Gasteiger partial charge in [-0.2, -0.15) is 5.26 Å². The fourth-order valence-electron chi connectivity index (χ4n) is 4.76. The zero-order valence-electron chi connectivity index (χ0n) is 17.5. The summed E-state index contributed by atoms with van der Waals surface area (Å²) in [5, 5.41) is 10.4. The second kappa shape index (κ2) is 6.88. The first-order valence-corrected chi connectivity index (χ1v) is 9.90. The monoisotopic (exact) mass is 404 g/mol. The first-order chi connectivity index (χ1) is 14.3. The molecule has 2 aliphatic rings. The van der Waals surface area contributed by atoms with Crippen LogP contribution in [-0.4, -0.2) is 30.9 Å². The van der Waals surface area contributed by atoms with Crippen molar-refractivity contribution in [3.05, 3.63) is 60.1 Å². The summed E-state index contributed by atoms with van der Waals surface area (Å²) in [6, 6.07) is 11.9. The van der Waals surface area contributed by atoms with Gasteiger partial charge in [0.05, 0.1) is 31.4 Å². The molecule has 0 saturated carbocycles. The molecule has 154 valence electrons. The smallest absolute Gasteiger partial charge is 0.329 e. The lowest BCUT2D eigenvalue weighted by Crippen LogP contribution is -2.48. The number of hydrogen-bond donors (Lipinski definition) is 0. The van der Waals surface area contributed by atoms with Gasteiger partial charge in [0.2, 0.25) is 0 Å². The van der Waals surface area contributed by atoms with Crippen LogP contribution in [0.4, 0.5) is 5.69 Å². The van der Waals surface area contributed by atoms with Crippen LogP contribution in [-0.2, 0) is 14.3 Å². The number of furan rings is 1. The van der Waals surface area contributed by atoms with Crippen LogP contribution in [0.2, 0.25) is 0 Å². The summed E-state index contributed by atoms with van der Waals surface area (Å²) in [5.41, 5.74) is -0.595. The Balaban J connectivity index is 2.05. The van der Waals surface area contributed by atoms with Crippen LogP contribution < -0.4 is 4.90 Å². The van der Waals surface area contributed by atoms with Crippen molar-refractivity contribution in [2.24, 2.45) is 10.8 Å². The number of Topliss-reactive ketones (excluding diaryl/α,β-unsaturated/α-hetero) is 1. The minimum Gasteiger partial charge on any atom is -0.469 e. The van der Waals surface area contributed by atoms with E-state index in [0.29, 0.717) is 5.76 Å². The van der Waals surface area contributed by atoms with Crippen LogP contribution in [0.15, 0.2) is 53.2 Å². The molecule has 1 aromatic carbocycles. The molecule has 0 N–H and O–H groups in total. The minimum absolute atomic E-state index is 0.0694. The van der Waals surface area contributed by atoms with Gasteiger partial charge in [-0.25, -0.2) is 0 Å². The second-order valence-electron chi connectivity index (χ2n) is 8.79. The number of ketones is 1. The Morgan fingerprint density at radius 1 is 1.20 bits per heavy atom. The summed E-state index contributed by atoms with van der Waals surface area (Å²) in [5.74, 6) is -1.14. The predicted octanol–water partition coefficient (Wildman–Crippen LogP) is 3.95. The lowest BCUT2D eigenvalue weighted by molar-refractivity contribution is -0.150. The molecule has 1 saturated heterocycles. The average molecular weight is 404 g/mol. The van der Waals surface area contributed by atoms with Gasteiger partial charge in [-0.3, -0.25) is 9.59 Å². The molecular weight excluding hydrogens is 380 g/mol. The van der Waals surface area contributed by atoms with Gasteiger partial charge in [-0.15, -0.1) is 0 Å². The maximum absolute atomic E-state index is 13.8. The highest BCUT2D eigenvalue weighted by Crippen LogP contribution is 2.56. The molecule has 30 heavy (non-hydrogen) atoms. The summed E-state index contributed by atoms with van der Waals surface area (Å²) in [6.45, 7) is 5.54. The van der Waals surface area contributed by atoms with Gasteiger partial charge in [0.1, 0.15) is 11.8 Å². The molecular formula is C24H24N2O4. The number of nitrogens with zero attached hydrogens (tertiary/aromatic N) is 2. The lowest BCUT2D eigenvalue weighted by atomic mass is 9.68. The van der Waals surface area contributed by atoms with Gasteiger partial charge in [0.15, 0.2) is 11.2 Å². The molecule has 3 heterocycles. The van der Waals surface area contributed by atoms with Crippen molar-refractivity contribution in [2.45, 2.75) is 38.8 Å². The number of anilines is 1. The van der Waals surface area contributed by atoms with E-state index in [0.717, 1.165) is 11.3 Å². The van der Waals surface area contributed by atoms with Crippen molar-refractivity contribution in [1.29, 1.82) is 5.26 Å². The average Bonchev–Trinajstić information content (AvgIpc) is 3.36. The van der Waals surface area contributed by atoms with E-state index in [9.17, 15) is 14.9 Å². The van der Waals surface area contributed by atoms with Gasteiger partial charge < -0.3 is 14.1 Å². The molecule has 1 aromatic heterocycles. The number of hydrogen-bond acceptors (Lipinski definition) is 6. The number of nitriles is 1. The number of carbonyl (C=O) groups is 2. The van der Waals surface area contributed by atoms with E-state index in [1.807, 2.05) is 62.1 Å². The molecule has 0 bridgehead atoms. The van der Waals surface area contributed by atoms with E-state index in [1.54, 1.807) is 12.1 Å². The molecule has 2 aromatic rings. The van der Waals surface area contributed by atoms with Crippen LogP contribution in [0, 0.1) is 22.2 Å². The Labute approximate surface area is 175 Å². The van der Waals surface area contributed by atoms with Crippen molar-refractivity contribution in [1.82, 2.24) is 0 Å². The largest absolute Gasteiger partial charge is 0.469 e. The Morgan fingerprint density at radius 3 is 2.53 bits per heavy atom. The van der Waals surface area contributed by atoms with Crippen LogP contribution in [0.5, 0.6) is 0 Å². The first kappa shape index (κ1) is 20.0. The highest BCUT2D eigenvalue weighted by Gasteiger charge is 2.68. The third-order valence-corrected chi connectivity index (χ3v) is 6.11. The third-order valence-electron chi connectivity index (χ3n) is 6.11. The van der Waals surface area contributed by atoms with Crippen LogP contribution in [0.3, 0.4) is 0 Å². The third kappa shape index (κ3) is 2.62. The second-order valence-corrected chi connectivity index (χ2v) is 8.79. The fraction of sp³-hybridized carbons (Fsp3) is 0.375. The minimum atomic E-state index is -1.64. The molecule has 6 nitrogen and oxygen atoms in total. The van der Waals surface area contributed by atoms with Crippen molar-refractivity contribution < 1.29 is 18.7 Å². The Hall–Kier alpha value is -3.33.